The third-order valence-corrected chi connectivity index (χ3v) is 6.72. The molecule has 0 radical (unpaired) electrons. The van der Waals surface area contributed by atoms with E-state index in [0.717, 1.165) is 25.0 Å². The summed E-state index contributed by atoms with van der Waals surface area (Å²) in [5.74, 6) is 0.168. The second-order valence-corrected chi connectivity index (χ2v) is 9.04. The lowest BCUT2D eigenvalue weighted by atomic mass is 9.87. The molecule has 0 bridgehead atoms. The van der Waals surface area contributed by atoms with Gasteiger partial charge in [0.05, 0.1) is 0 Å². The van der Waals surface area contributed by atoms with Crippen LogP contribution in [0.1, 0.15) is 61.6 Å². The highest BCUT2D eigenvalue weighted by Crippen LogP contribution is 2.33. The van der Waals surface area contributed by atoms with Gasteiger partial charge in [-0.3, -0.25) is 4.79 Å². The van der Waals surface area contributed by atoms with Gasteiger partial charge >= 0.3 is 0 Å². The molecule has 1 amide bonds. The van der Waals surface area contributed by atoms with E-state index < -0.39 is 0 Å². The van der Waals surface area contributed by atoms with Crippen molar-refractivity contribution < 1.29 is 4.79 Å². The van der Waals surface area contributed by atoms with Crippen LogP contribution < -0.4 is 5.32 Å². The van der Waals surface area contributed by atoms with Crippen LogP contribution in [0.5, 0.6) is 0 Å². The number of likely N-dealkylation sites (tertiary alicyclic amines) is 1. The van der Waals surface area contributed by atoms with Gasteiger partial charge in [0.25, 0.3) is 0 Å². The van der Waals surface area contributed by atoms with Crippen molar-refractivity contribution in [3.05, 3.63) is 71.4 Å². The van der Waals surface area contributed by atoms with Gasteiger partial charge in [0.2, 0.25) is 5.91 Å². The number of carbonyl (C=O) groups is 1. The molecule has 1 aliphatic rings. The molecule has 1 aliphatic heterocycles. The number of hydrogen-bond acceptors (Lipinski definition) is 2. The Balaban J connectivity index is 1.42. The Morgan fingerprint density at radius 1 is 1.19 bits per heavy atom. The van der Waals surface area contributed by atoms with E-state index in [1.807, 2.05) is 6.07 Å². The minimum absolute atomic E-state index is 0.0400. The molecule has 2 aromatic carbocycles. The van der Waals surface area contributed by atoms with Gasteiger partial charge in [-0.1, -0.05) is 54.4 Å². The van der Waals surface area contributed by atoms with Crippen LogP contribution in [0.2, 0.25) is 0 Å². The van der Waals surface area contributed by atoms with E-state index >= 15 is 0 Å². The number of aromatic amines is 1. The van der Waals surface area contributed by atoms with E-state index in [1.165, 1.54) is 47.9 Å². The number of nitrogens with one attached hydrogen (secondary N) is 2. The normalized spacial score (nSPS) is 18.2. The number of nitrogens with zero attached hydrogens (tertiary/aromatic N) is 1. The van der Waals surface area contributed by atoms with Crippen LogP contribution in [0.15, 0.2) is 54.7 Å². The van der Waals surface area contributed by atoms with Gasteiger partial charge in [-0.15, -0.1) is 0 Å². The van der Waals surface area contributed by atoms with E-state index in [1.54, 1.807) is 0 Å². The van der Waals surface area contributed by atoms with Gasteiger partial charge < -0.3 is 15.2 Å². The van der Waals surface area contributed by atoms with Crippen molar-refractivity contribution in [2.24, 2.45) is 0 Å². The second-order valence-electron chi connectivity index (χ2n) is 9.04. The summed E-state index contributed by atoms with van der Waals surface area (Å²) in [4.78, 5) is 18.9. The summed E-state index contributed by atoms with van der Waals surface area (Å²) >= 11 is 0. The molecule has 0 spiro atoms. The number of aryl methyl sites for hydroxylation is 1. The fraction of sp³-hybridized carbons (Fsp3) is 0.444. The van der Waals surface area contributed by atoms with Crippen molar-refractivity contribution in [3.8, 4) is 0 Å². The lowest BCUT2D eigenvalue weighted by molar-refractivity contribution is -0.121. The molecule has 2 heterocycles. The molecule has 2 atom stereocenters. The Morgan fingerprint density at radius 2 is 2.06 bits per heavy atom. The molecule has 2 N–H and O–H groups in total. The maximum atomic E-state index is 12.9. The zero-order valence-corrected chi connectivity index (χ0v) is 18.9. The van der Waals surface area contributed by atoms with Crippen LogP contribution in [0.4, 0.5) is 0 Å². The molecule has 4 nitrogen and oxygen atoms in total. The van der Waals surface area contributed by atoms with Crippen molar-refractivity contribution in [2.45, 2.75) is 57.9 Å². The lowest BCUT2D eigenvalue weighted by Gasteiger charge is -2.33. The molecule has 0 saturated carbocycles. The summed E-state index contributed by atoms with van der Waals surface area (Å²) in [6, 6.07) is 17.6. The monoisotopic (exact) mass is 417 g/mol. The topological polar surface area (TPSA) is 48.1 Å². The van der Waals surface area contributed by atoms with E-state index in [-0.39, 0.29) is 11.8 Å². The second kappa shape index (κ2) is 10.1. The average molecular weight is 418 g/mol. The van der Waals surface area contributed by atoms with Gasteiger partial charge in [-0.05, 0) is 56.8 Å². The maximum absolute atomic E-state index is 12.9. The highest BCUT2D eigenvalue weighted by molar-refractivity contribution is 5.86. The van der Waals surface area contributed by atoms with E-state index in [9.17, 15) is 4.79 Å². The molecular weight excluding hydrogens is 382 g/mol. The zero-order chi connectivity index (χ0) is 21.6. The molecular formula is C27H35N3O. The molecule has 4 heteroatoms. The molecule has 31 heavy (non-hydrogen) atoms. The van der Waals surface area contributed by atoms with Gasteiger partial charge in [-0.25, -0.2) is 0 Å². The van der Waals surface area contributed by atoms with Gasteiger partial charge in [0, 0.05) is 48.6 Å². The first kappa shape index (κ1) is 21.6. The summed E-state index contributed by atoms with van der Waals surface area (Å²) in [7, 11) is 0. The third kappa shape index (κ3) is 5.37. The van der Waals surface area contributed by atoms with Gasteiger partial charge in [0.1, 0.15) is 0 Å². The van der Waals surface area contributed by atoms with Crippen LogP contribution in [0.3, 0.4) is 0 Å². The standard InChI is InChI=1S/C27H35N3O/c1-20-9-7-11-22(17-20)24(25-19-29-26-13-4-3-12-23(25)26)18-27(31)28-14-8-16-30-15-6-5-10-21(30)2/h3-4,7,9,11-13,17,19,21,24,29H,5-6,8,10,14-16,18H2,1-2H3,(H,28,31). The molecule has 164 valence electrons. The largest absolute Gasteiger partial charge is 0.361 e. The highest BCUT2D eigenvalue weighted by atomic mass is 16.1. The number of benzene rings is 2. The van der Waals surface area contributed by atoms with Gasteiger partial charge in [0.15, 0.2) is 0 Å². The van der Waals surface area contributed by atoms with E-state index in [0.29, 0.717) is 12.5 Å². The molecule has 2 unspecified atom stereocenters. The number of piperidine rings is 1. The van der Waals surface area contributed by atoms with E-state index in [4.69, 9.17) is 0 Å². The number of amides is 1. The van der Waals surface area contributed by atoms with Crippen molar-refractivity contribution in [2.75, 3.05) is 19.6 Å². The van der Waals surface area contributed by atoms with Crippen LogP contribution in [0, 0.1) is 6.92 Å². The summed E-state index contributed by atoms with van der Waals surface area (Å²) in [5, 5.41) is 4.38. The number of para-hydroxylation sites is 1. The predicted molar refractivity (Wildman–Crippen MR) is 128 cm³/mol. The first-order valence-corrected chi connectivity index (χ1v) is 11.7. The van der Waals surface area contributed by atoms with Crippen LogP contribution in [-0.2, 0) is 4.79 Å². The minimum Gasteiger partial charge on any atom is -0.361 e. The smallest absolute Gasteiger partial charge is 0.220 e. The van der Waals surface area contributed by atoms with Crippen LogP contribution in [-0.4, -0.2) is 41.5 Å². The summed E-state index contributed by atoms with van der Waals surface area (Å²) in [6.45, 7) is 7.45. The molecule has 1 saturated heterocycles. The molecule has 3 aromatic rings. The number of H-pyrrole nitrogens is 1. The first-order chi connectivity index (χ1) is 15.1. The molecule has 1 aromatic heterocycles. The average Bonchev–Trinajstić information content (AvgIpc) is 3.20. The van der Waals surface area contributed by atoms with Crippen molar-refractivity contribution in [1.82, 2.24) is 15.2 Å². The zero-order valence-electron chi connectivity index (χ0n) is 18.9. The Morgan fingerprint density at radius 3 is 2.90 bits per heavy atom. The fourth-order valence-electron chi connectivity index (χ4n) is 4.93. The predicted octanol–water partition coefficient (Wildman–Crippen LogP) is 5.38. The third-order valence-electron chi connectivity index (χ3n) is 6.72. The van der Waals surface area contributed by atoms with Crippen molar-refractivity contribution in [3.63, 3.8) is 0 Å². The Kier molecular flexibility index (Phi) is 7.08. The molecule has 4 rings (SSSR count). The Bertz CT molecular complexity index is 1010. The Hall–Kier alpha value is -2.59. The van der Waals surface area contributed by atoms with Gasteiger partial charge in [-0.2, -0.15) is 0 Å². The maximum Gasteiger partial charge on any atom is 0.220 e. The van der Waals surface area contributed by atoms with E-state index in [2.05, 4.69) is 77.7 Å². The molecule has 1 fully saturated rings. The highest BCUT2D eigenvalue weighted by Gasteiger charge is 2.22. The van der Waals surface area contributed by atoms with Crippen molar-refractivity contribution >= 4 is 16.8 Å². The number of carbonyl (C=O) groups excluding carboxylic acids is 1. The number of fused-ring (bicyclic) bond motifs is 1. The number of aromatic nitrogens is 1. The van der Waals surface area contributed by atoms with Crippen LogP contribution >= 0.6 is 0 Å². The summed E-state index contributed by atoms with van der Waals surface area (Å²) in [5.41, 5.74) is 4.73. The van der Waals surface area contributed by atoms with Crippen molar-refractivity contribution in [1.29, 1.82) is 0 Å². The number of rotatable bonds is 8. The lowest BCUT2D eigenvalue weighted by Crippen LogP contribution is -2.39. The van der Waals surface area contributed by atoms with Crippen LogP contribution in [0.25, 0.3) is 10.9 Å². The summed E-state index contributed by atoms with van der Waals surface area (Å²) in [6.07, 6.45) is 7.50. The minimum atomic E-state index is 0.0400. The fourth-order valence-corrected chi connectivity index (χ4v) is 4.93. The first-order valence-electron chi connectivity index (χ1n) is 11.7. The quantitative estimate of drug-likeness (QED) is 0.484. The summed E-state index contributed by atoms with van der Waals surface area (Å²) < 4.78 is 0. The molecule has 0 aliphatic carbocycles. The Labute approximate surface area is 186 Å². The SMILES string of the molecule is Cc1cccc(C(CC(=O)NCCCN2CCCCC2C)c2c[nH]c3ccccc23)c1. The number of hydrogen-bond donors (Lipinski definition) is 2.